The van der Waals surface area contributed by atoms with Crippen molar-refractivity contribution in [3.63, 3.8) is 0 Å². The number of ether oxygens (including phenoxy) is 1. The molecule has 0 unspecified atom stereocenters. The number of carbonyl (C=O) groups excluding carboxylic acids is 3. The number of nitrogens with zero attached hydrogens (tertiary/aromatic N) is 3. The molecule has 190 valence electrons. The summed E-state index contributed by atoms with van der Waals surface area (Å²) in [6, 6.07) is 12.0. The van der Waals surface area contributed by atoms with E-state index in [0.29, 0.717) is 18.4 Å². The molecule has 3 amide bonds. The minimum atomic E-state index is -1.03. The number of hydrogen-bond acceptors (Lipinski definition) is 6. The maximum Gasteiger partial charge on any atom is 0.270 e. The van der Waals surface area contributed by atoms with Crippen LogP contribution in [0.15, 0.2) is 48.5 Å². The van der Waals surface area contributed by atoms with Gasteiger partial charge >= 0.3 is 0 Å². The van der Waals surface area contributed by atoms with Gasteiger partial charge in [-0.25, -0.2) is 0 Å². The van der Waals surface area contributed by atoms with Crippen LogP contribution in [0.2, 0.25) is 0 Å². The van der Waals surface area contributed by atoms with Gasteiger partial charge in [-0.15, -0.1) is 0 Å². The van der Waals surface area contributed by atoms with Crippen LogP contribution in [0, 0.1) is 17.0 Å². The van der Waals surface area contributed by atoms with E-state index in [0.717, 1.165) is 5.56 Å². The Hall–Kier alpha value is -3.79. The number of nitro groups is 1. The molecule has 0 radical (unpaired) electrons. The summed E-state index contributed by atoms with van der Waals surface area (Å²) in [5.41, 5.74) is 0.348. The molecule has 2 heterocycles. The van der Waals surface area contributed by atoms with E-state index in [1.54, 1.807) is 28.0 Å². The Balaban J connectivity index is 1.58. The lowest BCUT2D eigenvalue weighted by Gasteiger charge is -2.44. The first-order valence-electron chi connectivity index (χ1n) is 12.0. The highest BCUT2D eigenvalue weighted by atomic mass is 16.6. The number of nitro benzene ring substituents is 1. The summed E-state index contributed by atoms with van der Waals surface area (Å²) in [5, 5.41) is 14.0. The lowest BCUT2D eigenvalue weighted by molar-refractivity contribution is -0.384. The predicted molar refractivity (Wildman–Crippen MR) is 131 cm³/mol. The Kier molecular flexibility index (Phi) is 7.07. The van der Waals surface area contributed by atoms with Gasteiger partial charge in [0.1, 0.15) is 11.8 Å². The molecule has 10 nitrogen and oxygen atoms in total. The van der Waals surface area contributed by atoms with E-state index in [-0.39, 0.29) is 54.7 Å². The second-order valence-corrected chi connectivity index (χ2v) is 9.53. The molecule has 2 aliphatic rings. The van der Waals surface area contributed by atoms with Crippen molar-refractivity contribution in [1.82, 2.24) is 15.1 Å². The van der Waals surface area contributed by atoms with Crippen molar-refractivity contribution in [3.05, 3.63) is 75.3 Å². The van der Waals surface area contributed by atoms with Crippen LogP contribution in [-0.2, 0) is 9.53 Å². The lowest BCUT2D eigenvalue weighted by Crippen LogP contribution is -2.60. The summed E-state index contributed by atoms with van der Waals surface area (Å²) in [5.74, 6) is -0.885. The lowest BCUT2D eigenvalue weighted by atomic mass is 9.95. The molecule has 4 rings (SSSR count). The van der Waals surface area contributed by atoms with Gasteiger partial charge in [0.05, 0.1) is 11.5 Å². The minimum Gasteiger partial charge on any atom is -0.353 e. The average molecular weight is 495 g/mol. The topological polar surface area (TPSA) is 122 Å². The van der Waals surface area contributed by atoms with Gasteiger partial charge in [-0.1, -0.05) is 24.3 Å². The van der Waals surface area contributed by atoms with E-state index in [1.165, 1.54) is 18.2 Å². The Morgan fingerprint density at radius 3 is 2.42 bits per heavy atom. The third-order valence-electron chi connectivity index (χ3n) is 6.72. The Labute approximate surface area is 209 Å². The average Bonchev–Trinajstić information content (AvgIpc) is 3.22. The van der Waals surface area contributed by atoms with Crippen molar-refractivity contribution in [3.8, 4) is 0 Å². The summed E-state index contributed by atoms with van der Waals surface area (Å²) in [7, 11) is 0. The molecule has 0 bridgehead atoms. The molecule has 10 heteroatoms. The molecule has 0 saturated carbocycles. The highest BCUT2D eigenvalue weighted by Gasteiger charge is 2.54. The molecular formula is C26H30N4O6. The molecule has 1 N–H and O–H groups in total. The van der Waals surface area contributed by atoms with Gasteiger partial charge in [-0.2, -0.15) is 0 Å². The van der Waals surface area contributed by atoms with Crippen LogP contribution in [0.25, 0.3) is 0 Å². The molecule has 2 aliphatic heterocycles. The van der Waals surface area contributed by atoms with Gasteiger partial charge in [-0.3, -0.25) is 29.4 Å². The summed E-state index contributed by atoms with van der Waals surface area (Å²) < 4.78 is 6.19. The van der Waals surface area contributed by atoms with Gasteiger partial charge in [0.25, 0.3) is 17.5 Å². The third-order valence-corrected chi connectivity index (χ3v) is 6.72. The van der Waals surface area contributed by atoms with Gasteiger partial charge in [0, 0.05) is 55.2 Å². The molecule has 2 aromatic carbocycles. The van der Waals surface area contributed by atoms with Crippen LogP contribution in [0.5, 0.6) is 0 Å². The second-order valence-electron chi connectivity index (χ2n) is 9.53. The Bertz CT molecular complexity index is 1190. The van der Waals surface area contributed by atoms with Crippen LogP contribution in [0.4, 0.5) is 5.69 Å². The second kappa shape index (κ2) is 10.1. The summed E-state index contributed by atoms with van der Waals surface area (Å²) in [6.45, 7) is 6.18. The summed E-state index contributed by atoms with van der Waals surface area (Å²) in [6.07, 6.45) is 0.632. The number of nitrogens with one attached hydrogen (secondary N) is 1. The molecule has 2 saturated heterocycles. The van der Waals surface area contributed by atoms with Crippen LogP contribution >= 0.6 is 0 Å². The van der Waals surface area contributed by atoms with Crippen molar-refractivity contribution < 1.29 is 24.0 Å². The maximum absolute atomic E-state index is 13.8. The van der Waals surface area contributed by atoms with Crippen LogP contribution in [-0.4, -0.2) is 69.9 Å². The SMILES string of the molecule is Cc1ccccc1C(=O)N1[C@@H](C(=O)NC(C)C)COC12CCN(C(=O)c1cccc([N+](=O)[O-])c1)CC2. The zero-order valence-corrected chi connectivity index (χ0v) is 20.6. The quantitative estimate of drug-likeness (QED) is 0.504. The molecular weight excluding hydrogens is 464 g/mol. The molecule has 0 aromatic heterocycles. The fourth-order valence-corrected chi connectivity index (χ4v) is 4.88. The van der Waals surface area contributed by atoms with Crippen LogP contribution < -0.4 is 5.32 Å². The number of amides is 3. The predicted octanol–water partition coefficient (Wildman–Crippen LogP) is 2.90. The zero-order chi connectivity index (χ0) is 26.0. The monoisotopic (exact) mass is 494 g/mol. The number of piperidine rings is 1. The number of carbonyl (C=O) groups is 3. The smallest absolute Gasteiger partial charge is 0.270 e. The maximum atomic E-state index is 13.8. The highest BCUT2D eigenvalue weighted by molar-refractivity contribution is 5.99. The van der Waals surface area contributed by atoms with E-state index in [1.807, 2.05) is 32.9 Å². The van der Waals surface area contributed by atoms with Crippen LogP contribution in [0.1, 0.15) is 53.0 Å². The minimum absolute atomic E-state index is 0.0645. The first kappa shape index (κ1) is 25.3. The molecule has 2 aromatic rings. The number of aryl methyl sites for hydroxylation is 1. The zero-order valence-electron chi connectivity index (χ0n) is 20.6. The standard InChI is InChI=1S/C26H30N4O6/c1-17(2)27-23(31)22-16-36-26(29(22)25(33)21-10-5-4-7-18(21)3)11-13-28(14-12-26)24(32)19-8-6-9-20(15-19)30(34)35/h4-10,15,17,22H,11-14,16H2,1-3H3,(H,27,31)/t22-/m1/s1. The number of non-ortho nitro benzene ring substituents is 1. The summed E-state index contributed by atoms with van der Waals surface area (Å²) in [4.78, 5) is 53.7. The highest BCUT2D eigenvalue weighted by Crippen LogP contribution is 2.39. The van der Waals surface area contributed by atoms with Crippen molar-refractivity contribution >= 4 is 23.4 Å². The van der Waals surface area contributed by atoms with Crippen LogP contribution in [0.3, 0.4) is 0 Å². The van der Waals surface area contributed by atoms with E-state index in [9.17, 15) is 24.5 Å². The Morgan fingerprint density at radius 2 is 1.78 bits per heavy atom. The first-order valence-corrected chi connectivity index (χ1v) is 12.0. The number of rotatable bonds is 5. The van der Waals surface area contributed by atoms with Crippen molar-refractivity contribution in [1.29, 1.82) is 0 Å². The molecule has 36 heavy (non-hydrogen) atoms. The third kappa shape index (κ3) is 4.81. The number of hydrogen-bond donors (Lipinski definition) is 1. The van der Waals surface area contributed by atoms with Crippen molar-refractivity contribution in [2.75, 3.05) is 19.7 Å². The van der Waals surface area contributed by atoms with Crippen molar-refractivity contribution in [2.24, 2.45) is 0 Å². The normalized spacial score (nSPS) is 18.9. The molecule has 2 fully saturated rings. The van der Waals surface area contributed by atoms with Gasteiger partial charge in [0.2, 0.25) is 5.91 Å². The van der Waals surface area contributed by atoms with E-state index in [4.69, 9.17) is 4.74 Å². The molecule has 1 atom stereocenters. The summed E-state index contributed by atoms with van der Waals surface area (Å²) >= 11 is 0. The van der Waals surface area contributed by atoms with Gasteiger partial charge in [0.15, 0.2) is 0 Å². The van der Waals surface area contributed by atoms with Gasteiger partial charge < -0.3 is 15.0 Å². The van der Waals surface area contributed by atoms with E-state index < -0.39 is 16.7 Å². The molecule has 0 aliphatic carbocycles. The largest absolute Gasteiger partial charge is 0.353 e. The van der Waals surface area contributed by atoms with Gasteiger partial charge in [-0.05, 0) is 38.5 Å². The molecule has 1 spiro atoms. The first-order chi connectivity index (χ1) is 17.1. The Morgan fingerprint density at radius 1 is 1.08 bits per heavy atom. The van der Waals surface area contributed by atoms with E-state index >= 15 is 0 Å². The number of benzene rings is 2. The van der Waals surface area contributed by atoms with Crippen molar-refractivity contribution in [2.45, 2.75) is 51.4 Å². The fraction of sp³-hybridized carbons (Fsp3) is 0.423. The fourth-order valence-electron chi connectivity index (χ4n) is 4.88. The number of likely N-dealkylation sites (tertiary alicyclic amines) is 1. The van der Waals surface area contributed by atoms with E-state index in [2.05, 4.69) is 5.32 Å².